The van der Waals surface area contributed by atoms with E-state index in [0.717, 1.165) is 11.1 Å². The first-order valence-corrected chi connectivity index (χ1v) is 6.75. The first-order valence-electron chi connectivity index (χ1n) is 5.31. The van der Waals surface area contributed by atoms with Crippen LogP contribution >= 0.6 is 0 Å². The molecule has 0 N–H and O–H groups in total. The van der Waals surface area contributed by atoms with Gasteiger partial charge in [0.15, 0.2) is 0 Å². The van der Waals surface area contributed by atoms with Crippen LogP contribution in [-0.4, -0.2) is 14.6 Å². The Bertz CT molecular complexity index is 575. The first-order chi connectivity index (χ1) is 8.42. The van der Waals surface area contributed by atoms with Gasteiger partial charge >= 0.3 is 29.6 Å². The van der Waals surface area contributed by atoms with E-state index in [2.05, 4.69) is 16.5 Å². The molecule has 0 atom stereocenters. The van der Waals surface area contributed by atoms with Gasteiger partial charge in [0.25, 0.3) is 0 Å². The zero-order valence-electron chi connectivity index (χ0n) is 11.4. The van der Waals surface area contributed by atoms with Gasteiger partial charge < -0.3 is 9.93 Å². The van der Waals surface area contributed by atoms with E-state index in [1.54, 1.807) is 24.3 Å². The van der Waals surface area contributed by atoms with Crippen molar-refractivity contribution in [3.05, 3.63) is 59.0 Å². The standard InChI is InChI=1S/C13H15N2O2S.Na/c1-11(2)5-4-10-14-15-18(16,17)13-8-6-12(3)7-9-13;/h4-10H,1H2,2-3H3;/q-1;+1/b5-4+,14-10-;. The van der Waals surface area contributed by atoms with Crippen LogP contribution < -0.4 is 29.6 Å². The predicted octanol–water partition coefficient (Wildman–Crippen LogP) is 0.180. The van der Waals surface area contributed by atoms with Crippen LogP contribution in [0, 0.1) is 6.92 Å². The van der Waals surface area contributed by atoms with E-state index >= 15 is 0 Å². The van der Waals surface area contributed by atoms with Crippen molar-refractivity contribution in [2.24, 2.45) is 5.10 Å². The SMILES string of the molecule is C=C(C)/C=C/C=N\[N-]S(=O)(=O)c1ccc(C)cc1.[Na+]. The molecular weight excluding hydrogens is 271 g/mol. The fraction of sp³-hybridized carbons (Fsp3) is 0.154. The van der Waals surface area contributed by atoms with Gasteiger partial charge in [-0.2, -0.15) is 0 Å². The maximum atomic E-state index is 11.7. The molecule has 0 amide bonds. The molecule has 0 fully saturated rings. The molecule has 0 unspecified atom stereocenters. The number of benzene rings is 1. The number of hydrogen-bond donors (Lipinski definition) is 0. The molecule has 0 aliphatic heterocycles. The van der Waals surface area contributed by atoms with E-state index in [4.69, 9.17) is 0 Å². The molecule has 4 nitrogen and oxygen atoms in total. The summed E-state index contributed by atoms with van der Waals surface area (Å²) < 4.78 is 23.4. The third-order valence-corrected chi connectivity index (χ3v) is 3.18. The summed E-state index contributed by atoms with van der Waals surface area (Å²) in [5.74, 6) is 0. The molecule has 0 aliphatic rings. The van der Waals surface area contributed by atoms with Gasteiger partial charge in [-0.3, -0.25) is 0 Å². The van der Waals surface area contributed by atoms with Crippen molar-refractivity contribution in [3.63, 3.8) is 0 Å². The van der Waals surface area contributed by atoms with E-state index in [1.807, 2.05) is 13.8 Å². The van der Waals surface area contributed by atoms with Gasteiger partial charge in [-0.1, -0.05) is 35.9 Å². The molecule has 1 rings (SSSR count). The molecular formula is C13H15N2NaO2S. The average molecular weight is 286 g/mol. The zero-order valence-corrected chi connectivity index (χ0v) is 14.2. The summed E-state index contributed by atoms with van der Waals surface area (Å²) in [5, 5.41) is 3.50. The second-order valence-corrected chi connectivity index (χ2v) is 5.42. The van der Waals surface area contributed by atoms with Gasteiger partial charge in [0, 0.05) is 6.21 Å². The Labute approximate surface area is 136 Å². The number of hydrogen-bond acceptors (Lipinski definition) is 3. The third-order valence-electron chi connectivity index (χ3n) is 2.01. The summed E-state index contributed by atoms with van der Waals surface area (Å²) >= 11 is 0. The molecule has 0 radical (unpaired) electrons. The number of allylic oxidation sites excluding steroid dienone is 3. The minimum absolute atomic E-state index is 0. The monoisotopic (exact) mass is 286 g/mol. The normalized spacial score (nSPS) is 11.5. The van der Waals surface area contributed by atoms with Crippen LogP contribution in [0.1, 0.15) is 12.5 Å². The van der Waals surface area contributed by atoms with E-state index in [9.17, 15) is 8.42 Å². The van der Waals surface area contributed by atoms with Gasteiger partial charge in [0.05, 0.1) is 4.90 Å². The summed E-state index contributed by atoms with van der Waals surface area (Å²) in [6.07, 6.45) is 4.59. The average Bonchev–Trinajstić information content (AvgIpc) is 2.28. The van der Waals surface area contributed by atoms with Crippen LogP contribution in [0.4, 0.5) is 0 Å². The summed E-state index contributed by atoms with van der Waals surface area (Å²) in [6.45, 7) is 7.37. The maximum Gasteiger partial charge on any atom is 1.00 e. The fourth-order valence-electron chi connectivity index (χ4n) is 1.09. The second kappa shape index (κ2) is 8.32. The molecule has 0 bridgehead atoms. The predicted molar refractivity (Wildman–Crippen MR) is 74.2 cm³/mol. The molecule has 0 aromatic heterocycles. The Morgan fingerprint density at radius 2 is 1.89 bits per heavy atom. The number of aryl methyl sites for hydroxylation is 1. The van der Waals surface area contributed by atoms with Crippen LogP contribution in [0.25, 0.3) is 4.83 Å². The quantitative estimate of drug-likeness (QED) is 0.335. The first kappa shape index (κ1) is 18.1. The third kappa shape index (κ3) is 6.73. The van der Waals surface area contributed by atoms with Gasteiger partial charge in [0.1, 0.15) is 10.0 Å². The Kier molecular flexibility index (Phi) is 7.94. The van der Waals surface area contributed by atoms with E-state index in [0.29, 0.717) is 0 Å². The van der Waals surface area contributed by atoms with Crippen LogP contribution in [0.2, 0.25) is 0 Å². The largest absolute Gasteiger partial charge is 1.00 e. The molecule has 6 heteroatoms. The smallest absolute Gasteiger partial charge is 0.491 e. The van der Waals surface area contributed by atoms with Crippen LogP contribution in [0.5, 0.6) is 0 Å². The van der Waals surface area contributed by atoms with E-state index in [-0.39, 0.29) is 34.5 Å². The van der Waals surface area contributed by atoms with E-state index < -0.39 is 10.0 Å². The Morgan fingerprint density at radius 1 is 1.32 bits per heavy atom. The van der Waals surface area contributed by atoms with Gasteiger partial charge in [0.2, 0.25) is 0 Å². The molecule has 0 spiro atoms. The van der Waals surface area contributed by atoms with Crippen molar-refractivity contribution in [1.82, 2.24) is 0 Å². The zero-order chi connectivity index (χ0) is 13.6. The van der Waals surface area contributed by atoms with Crippen molar-refractivity contribution in [2.75, 3.05) is 0 Å². The van der Waals surface area contributed by atoms with Crippen molar-refractivity contribution in [3.8, 4) is 0 Å². The summed E-state index contributed by atoms with van der Waals surface area (Å²) in [6, 6.07) is 6.45. The molecule has 0 aliphatic carbocycles. The van der Waals surface area contributed by atoms with Crippen molar-refractivity contribution >= 4 is 16.2 Å². The maximum absolute atomic E-state index is 11.7. The van der Waals surface area contributed by atoms with Crippen molar-refractivity contribution in [2.45, 2.75) is 18.7 Å². The Balaban J connectivity index is 0.00000324. The van der Waals surface area contributed by atoms with Crippen LogP contribution in [-0.2, 0) is 10.0 Å². The van der Waals surface area contributed by atoms with Gasteiger partial charge in [-0.25, -0.2) is 8.42 Å². The number of sulfonamides is 1. The molecule has 1 aromatic carbocycles. The summed E-state index contributed by atoms with van der Waals surface area (Å²) in [7, 11) is -3.71. The van der Waals surface area contributed by atoms with Gasteiger partial charge in [-0.15, -0.1) is 0 Å². The van der Waals surface area contributed by atoms with Gasteiger partial charge in [-0.05, 0) is 32.1 Å². The number of nitrogens with zero attached hydrogens (tertiary/aromatic N) is 2. The fourth-order valence-corrected chi connectivity index (χ4v) is 1.85. The van der Waals surface area contributed by atoms with Crippen LogP contribution in [0.3, 0.4) is 0 Å². The number of rotatable bonds is 5. The Morgan fingerprint density at radius 3 is 2.42 bits per heavy atom. The minimum atomic E-state index is -3.71. The second-order valence-electron chi connectivity index (χ2n) is 3.84. The molecule has 1 aromatic rings. The summed E-state index contributed by atoms with van der Waals surface area (Å²) in [5.41, 5.74) is 1.84. The molecule has 0 saturated heterocycles. The summed E-state index contributed by atoms with van der Waals surface area (Å²) in [4.78, 5) is 3.45. The minimum Gasteiger partial charge on any atom is -0.491 e. The van der Waals surface area contributed by atoms with Crippen molar-refractivity contribution < 1.29 is 38.0 Å². The molecule has 0 saturated carbocycles. The molecule has 96 valence electrons. The topological polar surface area (TPSA) is 60.6 Å². The molecule has 0 heterocycles. The van der Waals surface area contributed by atoms with Crippen molar-refractivity contribution in [1.29, 1.82) is 0 Å². The molecule has 19 heavy (non-hydrogen) atoms. The Hall–Kier alpha value is -0.880. The van der Waals surface area contributed by atoms with E-state index in [1.165, 1.54) is 18.3 Å². The van der Waals surface area contributed by atoms with Crippen LogP contribution in [0.15, 0.2) is 58.6 Å².